The van der Waals surface area contributed by atoms with Gasteiger partial charge in [-0.2, -0.15) is 0 Å². The van der Waals surface area contributed by atoms with E-state index in [0.717, 1.165) is 11.7 Å². The molecule has 2 bridgehead atoms. The summed E-state index contributed by atoms with van der Waals surface area (Å²) in [7, 11) is 1.79. The van der Waals surface area contributed by atoms with E-state index in [0.29, 0.717) is 16.7 Å². The fourth-order valence-electron chi connectivity index (χ4n) is 4.63. The Bertz CT molecular complexity index is 462. The maximum atomic E-state index is 5.58. The normalized spacial score (nSPS) is 36.9. The van der Waals surface area contributed by atoms with Gasteiger partial charge in [0, 0.05) is 0 Å². The van der Waals surface area contributed by atoms with Gasteiger partial charge < -0.3 is 4.74 Å². The Kier molecular flexibility index (Phi) is 2.52. The second-order valence-electron chi connectivity index (χ2n) is 6.90. The molecule has 1 heteroatoms. The summed E-state index contributed by atoms with van der Waals surface area (Å²) in [5.74, 6) is 2.63. The second kappa shape index (κ2) is 3.76. The number of rotatable bonds is 2. The Labute approximate surface area is 111 Å². The fraction of sp³-hybridized carbons (Fsp3) is 0.647. The Morgan fingerprint density at radius 3 is 2.44 bits per heavy atom. The highest BCUT2D eigenvalue weighted by atomic mass is 16.5. The Morgan fingerprint density at radius 2 is 1.89 bits per heavy atom. The standard InChI is InChI=1S/C17H24O/c1-16(2)12-9-10-17(16,3)14(11-12)13-7-5-6-8-15(13)18-4/h5-8,12,14H,9-11H2,1-4H3. The van der Waals surface area contributed by atoms with Gasteiger partial charge in [-0.3, -0.25) is 0 Å². The van der Waals surface area contributed by atoms with E-state index in [4.69, 9.17) is 4.74 Å². The molecule has 3 atom stereocenters. The third-order valence-electron chi connectivity index (χ3n) is 6.31. The maximum Gasteiger partial charge on any atom is 0.122 e. The number of hydrogen-bond acceptors (Lipinski definition) is 1. The first kappa shape index (κ1) is 12.1. The van der Waals surface area contributed by atoms with Gasteiger partial charge in [0.05, 0.1) is 7.11 Å². The summed E-state index contributed by atoms with van der Waals surface area (Å²) in [5, 5.41) is 0. The van der Waals surface area contributed by atoms with Crippen LogP contribution in [-0.2, 0) is 0 Å². The molecule has 18 heavy (non-hydrogen) atoms. The quantitative estimate of drug-likeness (QED) is 0.737. The number of methoxy groups -OCH3 is 1. The Morgan fingerprint density at radius 1 is 1.17 bits per heavy atom. The minimum atomic E-state index is 0.437. The van der Waals surface area contributed by atoms with Gasteiger partial charge >= 0.3 is 0 Å². The molecule has 1 aromatic rings. The van der Waals surface area contributed by atoms with Crippen LogP contribution in [0.25, 0.3) is 0 Å². The van der Waals surface area contributed by atoms with Gasteiger partial charge in [0.15, 0.2) is 0 Å². The van der Waals surface area contributed by atoms with E-state index in [1.807, 2.05) is 0 Å². The molecule has 0 aromatic heterocycles. The van der Waals surface area contributed by atoms with Crippen molar-refractivity contribution < 1.29 is 4.74 Å². The molecule has 2 aliphatic rings. The number of fused-ring (bicyclic) bond motifs is 2. The molecule has 2 saturated carbocycles. The van der Waals surface area contributed by atoms with Crippen molar-refractivity contribution in [3.8, 4) is 5.75 Å². The van der Waals surface area contributed by atoms with Crippen molar-refractivity contribution in [2.75, 3.05) is 7.11 Å². The molecule has 0 N–H and O–H groups in total. The number of benzene rings is 1. The molecule has 2 aliphatic carbocycles. The second-order valence-corrected chi connectivity index (χ2v) is 6.90. The highest BCUT2D eigenvalue weighted by Crippen LogP contribution is 2.71. The van der Waals surface area contributed by atoms with Gasteiger partial charge in [0.2, 0.25) is 0 Å². The minimum Gasteiger partial charge on any atom is -0.496 e. The van der Waals surface area contributed by atoms with Crippen LogP contribution in [0.15, 0.2) is 24.3 Å². The molecule has 3 rings (SSSR count). The lowest BCUT2D eigenvalue weighted by Crippen LogP contribution is -2.31. The van der Waals surface area contributed by atoms with E-state index in [-0.39, 0.29) is 0 Å². The molecule has 0 radical (unpaired) electrons. The predicted molar refractivity (Wildman–Crippen MR) is 75.0 cm³/mol. The van der Waals surface area contributed by atoms with Crippen LogP contribution in [0.1, 0.15) is 51.5 Å². The van der Waals surface area contributed by atoms with Crippen molar-refractivity contribution in [3.05, 3.63) is 29.8 Å². The zero-order valence-electron chi connectivity index (χ0n) is 12.0. The lowest BCUT2D eigenvalue weighted by Gasteiger charge is -2.40. The molecule has 0 amide bonds. The summed E-state index contributed by atoms with van der Waals surface area (Å²) in [6.07, 6.45) is 4.12. The van der Waals surface area contributed by atoms with Crippen LogP contribution in [0.3, 0.4) is 0 Å². The van der Waals surface area contributed by atoms with Crippen molar-refractivity contribution >= 4 is 0 Å². The maximum absolute atomic E-state index is 5.58. The van der Waals surface area contributed by atoms with E-state index in [1.54, 1.807) is 7.11 Å². The molecule has 3 unspecified atom stereocenters. The average molecular weight is 244 g/mol. The van der Waals surface area contributed by atoms with Crippen LogP contribution in [0.5, 0.6) is 5.75 Å². The summed E-state index contributed by atoms with van der Waals surface area (Å²) in [6, 6.07) is 8.60. The monoisotopic (exact) mass is 244 g/mol. The smallest absolute Gasteiger partial charge is 0.122 e. The van der Waals surface area contributed by atoms with Gasteiger partial charge in [-0.1, -0.05) is 39.0 Å². The first-order chi connectivity index (χ1) is 8.50. The van der Waals surface area contributed by atoms with Crippen molar-refractivity contribution in [2.45, 2.75) is 46.0 Å². The molecule has 98 valence electrons. The molecule has 0 saturated heterocycles. The first-order valence-electron chi connectivity index (χ1n) is 7.13. The summed E-state index contributed by atoms with van der Waals surface area (Å²) >= 11 is 0. The Balaban J connectivity index is 2.05. The third-order valence-corrected chi connectivity index (χ3v) is 6.31. The first-order valence-corrected chi connectivity index (χ1v) is 7.13. The van der Waals surface area contributed by atoms with Crippen molar-refractivity contribution in [1.29, 1.82) is 0 Å². The SMILES string of the molecule is COc1ccccc1C1CC2CCC1(C)C2(C)C. The zero-order valence-corrected chi connectivity index (χ0v) is 12.0. The lowest BCUT2D eigenvalue weighted by atomic mass is 9.65. The van der Waals surface area contributed by atoms with E-state index in [2.05, 4.69) is 45.0 Å². The molecule has 1 nitrogen and oxygen atoms in total. The molecule has 1 aromatic carbocycles. The Hall–Kier alpha value is -0.980. The molecule has 2 fully saturated rings. The highest BCUT2D eigenvalue weighted by molar-refractivity contribution is 5.40. The molecule has 0 aliphatic heterocycles. The van der Waals surface area contributed by atoms with E-state index < -0.39 is 0 Å². The van der Waals surface area contributed by atoms with Crippen LogP contribution >= 0.6 is 0 Å². The summed E-state index contributed by atoms with van der Waals surface area (Å²) < 4.78 is 5.58. The highest BCUT2D eigenvalue weighted by Gasteiger charge is 2.61. The van der Waals surface area contributed by atoms with Crippen molar-refractivity contribution in [3.63, 3.8) is 0 Å². The topological polar surface area (TPSA) is 9.23 Å². The van der Waals surface area contributed by atoms with Gasteiger partial charge in [-0.25, -0.2) is 0 Å². The summed E-state index contributed by atoms with van der Waals surface area (Å²) in [5.41, 5.74) is 2.34. The predicted octanol–water partition coefficient (Wildman–Crippen LogP) is 4.63. The van der Waals surface area contributed by atoms with Crippen molar-refractivity contribution in [1.82, 2.24) is 0 Å². The number of ether oxygens (including phenoxy) is 1. The van der Waals surface area contributed by atoms with Crippen molar-refractivity contribution in [2.24, 2.45) is 16.7 Å². The van der Waals surface area contributed by atoms with E-state index in [1.165, 1.54) is 24.8 Å². The number of hydrogen-bond donors (Lipinski definition) is 0. The van der Waals surface area contributed by atoms with Gasteiger partial charge in [0.25, 0.3) is 0 Å². The van der Waals surface area contributed by atoms with E-state index >= 15 is 0 Å². The fourth-order valence-corrected chi connectivity index (χ4v) is 4.63. The average Bonchev–Trinajstić information content (AvgIpc) is 2.71. The zero-order chi connectivity index (χ0) is 13.0. The third kappa shape index (κ3) is 1.34. The van der Waals surface area contributed by atoms with Gasteiger partial charge in [0.1, 0.15) is 5.75 Å². The van der Waals surface area contributed by atoms with Crippen LogP contribution in [-0.4, -0.2) is 7.11 Å². The van der Waals surface area contributed by atoms with Gasteiger partial charge in [-0.15, -0.1) is 0 Å². The molecular weight excluding hydrogens is 220 g/mol. The van der Waals surface area contributed by atoms with Gasteiger partial charge in [-0.05, 0) is 53.6 Å². The van der Waals surface area contributed by atoms with Crippen LogP contribution in [0, 0.1) is 16.7 Å². The molecular formula is C17H24O. The molecule has 0 spiro atoms. The molecule has 0 heterocycles. The largest absolute Gasteiger partial charge is 0.496 e. The lowest BCUT2D eigenvalue weighted by molar-refractivity contribution is 0.133. The summed E-state index contributed by atoms with van der Waals surface area (Å²) in [4.78, 5) is 0. The van der Waals surface area contributed by atoms with E-state index in [9.17, 15) is 0 Å². The number of para-hydroxylation sites is 1. The minimum absolute atomic E-state index is 0.437. The summed E-state index contributed by atoms with van der Waals surface area (Å²) in [6.45, 7) is 7.44. The van der Waals surface area contributed by atoms with Crippen LogP contribution in [0.4, 0.5) is 0 Å². The van der Waals surface area contributed by atoms with Crippen LogP contribution < -0.4 is 4.74 Å². The van der Waals surface area contributed by atoms with Crippen LogP contribution in [0.2, 0.25) is 0 Å².